The standard InChI is InChI=1S/C14H19N5O3/c1-9-5-6-12(21)19(17-9)8-10(20)15-7-11-16-13(18-22-11)14(2,3)4/h5-6H,7-8H2,1-4H3,(H,15,20). The molecule has 22 heavy (non-hydrogen) atoms. The normalized spacial score (nSPS) is 11.5. The minimum absolute atomic E-state index is 0.114. The molecule has 8 heteroatoms. The third-order valence-corrected chi connectivity index (χ3v) is 2.87. The van der Waals surface area contributed by atoms with Gasteiger partial charge in [-0.2, -0.15) is 10.1 Å². The molecule has 2 aromatic rings. The quantitative estimate of drug-likeness (QED) is 0.884. The highest BCUT2D eigenvalue weighted by atomic mass is 16.5. The number of amides is 1. The van der Waals surface area contributed by atoms with Crippen molar-refractivity contribution in [2.75, 3.05) is 0 Å². The first kappa shape index (κ1) is 15.9. The SMILES string of the molecule is Cc1ccc(=O)n(CC(=O)NCc2nc(C(C)(C)C)no2)n1. The molecule has 2 heterocycles. The van der Waals surface area contributed by atoms with Crippen LogP contribution in [0.3, 0.4) is 0 Å². The third kappa shape index (κ3) is 4.00. The molecule has 0 aliphatic rings. The Labute approximate surface area is 127 Å². The molecule has 0 bridgehead atoms. The largest absolute Gasteiger partial charge is 0.345 e. The van der Waals surface area contributed by atoms with Crippen molar-refractivity contribution in [3.05, 3.63) is 39.9 Å². The molecule has 0 unspecified atom stereocenters. The number of aryl methyl sites for hydroxylation is 1. The molecule has 0 aliphatic heterocycles. The van der Waals surface area contributed by atoms with Crippen LogP contribution in [0.5, 0.6) is 0 Å². The van der Waals surface area contributed by atoms with Gasteiger partial charge in [0.1, 0.15) is 6.54 Å². The van der Waals surface area contributed by atoms with Crippen LogP contribution in [0.15, 0.2) is 21.5 Å². The van der Waals surface area contributed by atoms with E-state index in [1.165, 1.54) is 6.07 Å². The van der Waals surface area contributed by atoms with Gasteiger partial charge in [0, 0.05) is 11.5 Å². The van der Waals surface area contributed by atoms with E-state index < -0.39 is 0 Å². The van der Waals surface area contributed by atoms with Crippen molar-refractivity contribution in [2.24, 2.45) is 0 Å². The third-order valence-electron chi connectivity index (χ3n) is 2.87. The molecule has 0 saturated heterocycles. The van der Waals surface area contributed by atoms with Crippen LogP contribution in [0.25, 0.3) is 0 Å². The zero-order valence-corrected chi connectivity index (χ0v) is 13.1. The van der Waals surface area contributed by atoms with Gasteiger partial charge in [0.05, 0.1) is 12.2 Å². The second-order valence-corrected chi connectivity index (χ2v) is 6.01. The zero-order chi connectivity index (χ0) is 16.3. The highest BCUT2D eigenvalue weighted by Crippen LogP contribution is 2.18. The molecule has 8 nitrogen and oxygen atoms in total. The number of nitrogens with zero attached hydrogens (tertiary/aromatic N) is 4. The van der Waals surface area contributed by atoms with E-state index in [0.717, 1.165) is 4.68 Å². The average Bonchev–Trinajstić information content (AvgIpc) is 2.89. The molecule has 0 aliphatic carbocycles. The van der Waals surface area contributed by atoms with Gasteiger partial charge in [-0.05, 0) is 13.0 Å². The van der Waals surface area contributed by atoms with Crippen LogP contribution in [0.4, 0.5) is 0 Å². The van der Waals surface area contributed by atoms with Gasteiger partial charge in [0.25, 0.3) is 5.56 Å². The number of aromatic nitrogens is 4. The van der Waals surface area contributed by atoms with Crippen LogP contribution in [0.1, 0.15) is 38.2 Å². The second kappa shape index (κ2) is 6.08. The van der Waals surface area contributed by atoms with Gasteiger partial charge in [-0.3, -0.25) is 9.59 Å². The maximum Gasteiger partial charge on any atom is 0.267 e. The highest BCUT2D eigenvalue weighted by Gasteiger charge is 2.21. The molecule has 2 aromatic heterocycles. The summed E-state index contributed by atoms with van der Waals surface area (Å²) in [6.45, 7) is 7.62. The second-order valence-electron chi connectivity index (χ2n) is 6.01. The van der Waals surface area contributed by atoms with E-state index in [0.29, 0.717) is 17.4 Å². The van der Waals surface area contributed by atoms with Gasteiger partial charge in [0.15, 0.2) is 5.82 Å². The number of hydrogen-bond donors (Lipinski definition) is 1. The molecule has 118 valence electrons. The summed E-state index contributed by atoms with van der Waals surface area (Å²) in [7, 11) is 0. The van der Waals surface area contributed by atoms with Crippen molar-refractivity contribution >= 4 is 5.91 Å². The van der Waals surface area contributed by atoms with Gasteiger partial charge in [-0.1, -0.05) is 25.9 Å². The van der Waals surface area contributed by atoms with Crippen molar-refractivity contribution in [1.29, 1.82) is 0 Å². The summed E-state index contributed by atoms with van der Waals surface area (Å²) in [5, 5.41) is 10.5. The Balaban J connectivity index is 1.94. The summed E-state index contributed by atoms with van der Waals surface area (Å²) in [5.41, 5.74) is 0.123. The summed E-state index contributed by atoms with van der Waals surface area (Å²) in [4.78, 5) is 27.6. The fourth-order valence-corrected chi connectivity index (χ4v) is 1.66. The first-order chi connectivity index (χ1) is 10.3. The molecular weight excluding hydrogens is 286 g/mol. The van der Waals surface area contributed by atoms with Crippen molar-refractivity contribution in [3.8, 4) is 0 Å². The number of rotatable bonds is 4. The number of hydrogen-bond acceptors (Lipinski definition) is 6. The van der Waals surface area contributed by atoms with Crippen molar-refractivity contribution in [1.82, 2.24) is 25.2 Å². The molecule has 1 amide bonds. The average molecular weight is 305 g/mol. The molecule has 0 aromatic carbocycles. The Morgan fingerprint density at radius 3 is 2.73 bits per heavy atom. The molecule has 0 radical (unpaired) electrons. The summed E-state index contributed by atoms with van der Waals surface area (Å²) in [5.74, 6) is 0.548. The first-order valence-corrected chi connectivity index (χ1v) is 6.90. The Kier molecular flexibility index (Phi) is 4.39. The zero-order valence-electron chi connectivity index (χ0n) is 13.1. The lowest BCUT2D eigenvalue weighted by atomic mass is 9.96. The lowest BCUT2D eigenvalue weighted by Gasteiger charge is -2.10. The van der Waals surface area contributed by atoms with Crippen molar-refractivity contribution < 1.29 is 9.32 Å². The summed E-state index contributed by atoms with van der Waals surface area (Å²) < 4.78 is 6.18. The van der Waals surface area contributed by atoms with Crippen molar-refractivity contribution in [2.45, 2.75) is 46.2 Å². The van der Waals surface area contributed by atoms with Gasteiger partial charge in [-0.15, -0.1) is 0 Å². The van der Waals surface area contributed by atoms with E-state index in [2.05, 4.69) is 20.6 Å². The predicted molar refractivity (Wildman–Crippen MR) is 78.1 cm³/mol. The highest BCUT2D eigenvalue weighted by molar-refractivity contribution is 5.75. The van der Waals surface area contributed by atoms with Crippen LogP contribution < -0.4 is 10.9 Å². The van der Waals surface area contributed by atoms with E-state index >= 15 is 0 Å². The molecule has 0 saturated carbocycles. The van der Waals surface area contributed by atoms with Gasteiger partial charge >= 0.3 is 0 Å². The Morgan fingerprint density at radius 1 is 1.36 bits per heavy atom. The van der Waals surface area contributed by atoms with Crippen LogP contribution in [0, 0.1) is 6.92 Å². The number of carbonyl (C=O) groups excluding carboxylic acids is 1. The van der Waals surface area contributed by atoms with E-state index in [1.54, 1.807) is 13.0 Å². The summed E-state index contributed by atoms with van der Waals surface area (Å²) in [6, 6.07) is 2.98. The molecule has 0 atom stereocenters. The number of nitrogens with one attached hydrogen (secondary N) is 1. The van der Waals surface area contributed by atoms with Crippen molar-refractivity contribution in [3.63, 3.8) is 0 Å². The van der Waals surface area contributed by atoms with Gasteiger partial charge in [-0.25, -0.2) is 4.68 Å². The maximum absolute atomic E-state index is 11.9. The lowest BCUT2D eigenvalue weighted by Crippen LogP contribution is -2.33. The smallest absolute Gasteiger partial charge is 0.267 e. The predicted octanol–water partition coefficient (Wildman–Crippen LogP) is 0.549. The fourth-order valence-electron chi connectivity index (χ4n) is 1.66. The minimum atomic E-state index is -0.351. The lowest BCUT2D eigenvalue weighted by molar-refractivity contribution is -0.122. The Hall–Kier alpha value is -2.51. The first-order valence-electron chi connectivity index (χ1n) is 6.90. The van der Waals surface area contributed by atoms with E-state index in [-0.39, 0.29) is 30.0 Å². The van der Waals surface area contributed by atoms with Crippen LogP contribution in [-0.2, 0) is 23.3 Å². The van der Waals surface area contributed by atoms with Crippen LogP contribution in [-0.4, -0.2) is 25.8 Å². The van der Waals surface area contributed by atoms with Crippen LogP contribution in [0.2, 0.25) is 0 Å². The topological polar surface area (TPSA) is 103 Å². The molecule has 0 fully saturated rings. The van der Waals surface area contributed by atoms with Gasteiger partial charge < -0.3 is 9.84 Å². The fraction of sp³-hybridized carbons (Fsp3) is 0.500. The molecule has 1 N–H and O–H groups in total. The summed E-state index contributed by atoms with van der Waals surface area (Å²) >= 11 is 0. The van der Waals surface area contributed by atoms with Crippen LogP contribution >= 0.6 is 0 Å². The molecule has 2 rings (SSSR count). The Bertz CT molecular complexity index is 727. The molecule has 0 spiro atoms. The van der Waals surface area contributed by atoms with E-state index in [1.807, 2.05) is 20.8 Å². The molecular formula is C14H19N5O3. The minimum Gasteiger partial charge on any atom is -0.345 e. The monoisotopic (exact) mass is 305 g/mol. The van der Waals surface area contributed by atoms with E-state index in [9.17, 15) is 9.59 Å². The van der Waals surface area contributed by atoms with Gasteiger partial charge in [0.2, 0.25) is 11.8 Å². The maximum atomic E-state index is 11.9. The summed E-state index contributed by atoms with van der Waals surface area (Å²) in [6.07, 6.45) is 0. The van der Waals surface area contributed by atoms with E-state index in [4.69, 9.17) is 4.52 Å². The Morgan fingerprint density at radius 2 is 2.09 bits per heavy atom. The number of carbonyl (C=O) groups is 1.